The lowest BCUT2D eigenvalue weighted by Gasteiger charge is -2.09. The largest absolute Gasteiger partial charge is 0.493 e. The Kier molecular flexibility index (Phi) is 4.22. The van der Waals surface area contributed by atoms with Gasteiger partial charge in [0.2, 0.25) is 0 Å². The number of rotatable bonds is 4. The Bertz CT molecular complexity index is 608. The molecule has 0 spiro atoms. The molecule has 0 saturated carbocycles. The predicted octanol–water partition coefficient (Wildman–Crippen LogP) is 3.70. The number of hydrogen-bond acceptors (Lipinski definition) is 3. The van der Waals surface area contributed by atoms with Gasteiger partial charge in [0.05, 0.1) is 14.2 Å². The fourth-order valence-electron chi connectivity index (χ4n) is 1.78. The Morgan fingerprint density at radius 3 is 2.32 bits per heavy atom. The molecule has 0 amide bonds. The maximum atomic E-state index is 12.4. The van der Waals surface area contributed by atoms with Crippen LogP contribution in [0.1, 0.15) is 15.9 Å². The van der Waals surface area contributed by atoms with Gasteiger partial charge in [-0.2, -0.15) is 0 Å². The summed E-state index contributed by atoms with van der Waals surface area (Å²) in [5.74, 6) is 1.08. The molecule has 0 N–H and O–H groups in total. The third kappa shape index (κ3) is 2.79. The maximum absolute atomic E-state index is 12.4. The zero-order valence-corrected chi connectivity index (χ0v) is 12.2. The summed E-state index contributed by atoms with van der Waals surface area (Å²) in [4.78, 5) is 12.4. The summed E-state index contributed by atoms with van der Waals surface area (Å²) in [6.07, 6.45) is 0. The van der Waals surface area contributed by atoms with Crippen molar-refractivity contribution in [3.05, 3.63) is 58.1 Å². The van der Waals surface area contributed by atoms with Crippen molar-refractivity contribution in [1.29, 1.82) is 0 Å². The standard InChI is InChI=1S/C15H13BrO3/c1-18-13-8-7-10(9-14(13)19-2)15(17)11-5-3-4-6-12(11)16/h3-9H,1-2H3. The molecule has 4 heteroatoms. The number of hydrogen-bond donors (Lipinski definition) is 0. The predicted molar refractivity (Wildman–Crippen MR) is 77.1 cm³/mol. The van der Waals surface area contributed by atoms with E-state index in [2.05, 4.69) is 15.9 Å². The SMILES string of the molecule is COc1ccc(C(=O)c2ccccc2Br)cc1OC. The first-order chi connectivity index (χ1) is 9.17. The van der Waals surface area contributed by atoms with E-state index in [0.29, 0.717) is 22.6 Å². The van der Waals surface area contributed by atoms with Gasteiger partial charge in [-0.1, -0.05) is 28.1 Å². The molecule has 0 unspecified atom stereocenters. The summed E-state index contributed by atoms with van der Waals surface area (Å²) in [5.41, 5.74) is 1.18. The number of methoxy groups -OCH3 is 2. The molecular formula is C15H13BrO3. The number of halogens is 1. The van der Waals surface area contributed by atoms with E-state index in [1.54, 1.807) is 38.5 Å². The summed E-state index contributed by atoms with van der Waals surface area (Å²) < 4.78 is 11.1. The van der Waals surface area contributed by atoms with Crippen molar-refractivity contribution in [2.45, 2.75) is 0 Å². The Morgan fingerprint density at radius 1 is 1.00 bits per heavy atom. The van der Waals surface area contributed by atoms with Gasteiger partial charge in [0.25, 0.3) is 0 Å². The number of ketones is 1. The van der Waals surface area contributed by atoms with Crippen LogP contribution < -0.4 is 9.47 Å². The Labute approximate surface area is 120 Å². The molecule has 0 atom stereocenters. The summed E-state index contributed by atoms with van der Waals surface area (Å²) in [6, 6.07) is 12.5. The first-order valence-corrected chi connectivity index (χ1v) is 6.48. The minimum Gasteiger partial charge on any atom is -0.493 e. The van der Waals surface area contributed by atoms with Gasteiger partial charge in [0.15, 0.2) is 17.3 Å². The molecule has 0 saturated heterocycles. The van der Waals surface area contributed by atoms with Gasteiger partial charge in [-0.05, 0) is 30.3 Å². The van der Waals surface area contributed by atoms with Crippen LogP contribution in [-0.2, 0) is 0 Å². The molecule has 0 aliphatic carbocycles. The van der Waals surface area contributed by atoms with Crippen LogP contribution in [0.2, 0.25) is 0 Å². The lowest BCUT2D eigenvalue weighted by molar-refractivity contribution is 0.103. The van der Waals surface area contributed by atoms with Crippen LogP contribution in [0, 0.1) is 0 Å². The first-order valence-electron chi connectivity index (χ1n) is 5.68. The second kappa shape index (κ2) is 5.89. The number of ether oxygens (including phenoxy) is 2. The summed E-state index contributed by atoms with van der Waals surface area (Å²) in [7, 11) is 3.11. The van der Waals surface area contributed by atoms with E-state index in [0.717, 1.165) is 4.47 Å². The molecular weight excluding hydrogens is 308 g/mol. The van der Waals surface area contributed by atoms with Crippen LogP contribution >= 0.6 is 15.9 Å². The van der Waals surface area contributed by atoms with Crippen molar-refractivity contribution in [3.8, 4) is 11.5 Å². The van der Waals surface area contributed by atoms with Crippen LogP contribution in [0.15, 0.2) is 46.9 Å². The summed E-state index contributed by atoms with van der Waals surface area (Å²) in [6.45, 7) is 0. The number of carbonyl (C=O) groups is 1. The van der Waals surface area contributed by atoms with Crippen LogP contribution in [0.25, 0.3) is 0 Å². The number of benzene rings is 2. The highest BCUT2D eigenvalue weighted by molar-refractivity contribution is 9.10. The zero-order chi connectivity index (χ0) is 13.8. The Balaban J connectivity index is 2.42. The Morgan fingerprint density at radius 2 is 1.68 bits per heavy atom. The topological polar surface area (TPSA) is 35.5 Å². The van der Waals surface area contributed by atoms with Crippen LogP contribution in [0.3, 0.4) is 0 Å². The first kappa shape index (κ1) is 13.6. The molecule has 0 bridgehead atoms. The van der Waals surface area contributed by atoms with E-state index < -0.39 is 0 Å². The highest BCUT2D eigenvalue weighted by atomic mass is 79.9. The lowest BCUT2D eigenvalue weighted by Crippen LogP contribution is -2.03. The monoisotopic (exact) mass is 320 g/mol. The van der Waals surface area contributed by atoms with E-state index in [4.69, 9.17) is 9.47 Å². The normalized spacial score (nSPS) is 10.1. The molecule has 98 valence electrons. The lowest BCUT2D eigenvalue weighted by atomic mass is 10.0. The van der Waals surface area contributed by atoms with Crippen molar-refractivity contribution >= 4 is 21.7 Å². The van der Waals surface area contributed by atoms with Crippen molar-refractivity contribution in [3.63, 3.8) is 0 Å². The van der Waals surface area contributed by atoms with Crippen molar-refractivity contribution in [2.75, 3.05) is 14.2 Å². The molecule has 3 nitrogen and oxygen atoms in total. The van der Waals surface area contributed by atoms with E-state index in [-0.39, 0.29) is 5.78 Å². The van der Waals surface area contributed by atoms with Crippen molar-refractivity contribution in [2.24, 2.45) is 0 Å². The van der Waals surface area contributed by atoms with E-state index in [1.807, 2.05) is 18.2 Å². The van der Waals surface area contributed by atoms with Crippen LogP contribution in [0.5, 0.6) is 11.5 Å². The summed E-state index contributed by atoms with van der Waals surface area (Å²) in [5, 5.41) is 0. The van der Waals surface area contributed by atoms with E-state index in [1.165, 1.54) is 0 Å². The van der Waals surface area contributed by atoms with Crippen molar-refractivity contribution in [1.82, 2.24) is 0 Å². The van der Waals surface area contributed by atoms with E-state index in [9.17, 15) is 4.79 Å². The molecule has 0 aliphatic rings. The third-order valence-electron chi connectivity index (χ3n) is 2.76. The quantitative estimate of drug-likeness (QED) is 0.806. The van der Waals surface area contributed by atoms with Gasteiger partial charge in [-0.15, -0.1) is 0 Å². The molecule has 0 fully saturated rings. The second-order valence-corrected chi connectivity index (χ2v) is 4.73. The highest BCUT2D eigenvalue weighted by Gasteiger charge is 2.14. The van der Waals surface area contributed by atoms with Gasteiger partial charge < -0.3 is 9.47 Å². The summed E-state index contributed by atoms with van der Waals surface area (Å²) >= 11 is 3.38. The molecule has 2 rings (SSSR count). The average Bonchev–Trinajstić information content (AvgIpc) is 2.46. The van der Waals surface area contributed by atoms with Crippen LogP contribution in [-0.4, -0.2) is 20.0 Å². The smallest absolute Gasteiger partial charge is 0.194 e. The molecule has 0 radical (unpaired) electrons. The fourth-order valence-corrected chi connectivity index (χ4v) is 2.24. The highest BCUT2D eigenvalue weighted by Crippen LogP contribution is 2.29. The molecule has 0 aromatic heterocycles. The van der Waals surface area contributed by atoms with Gasteiger partial charge in [-0.25, -0.2) is 0 Å². The molecule has 2 aromatic rings. The molecule has 0 heterocycles. The van der Waals surface area contributed by atoms with Gasteiger partial charge in [0.1, 0.15) is 0 Å². The van der Waals surface area contributed by atoms with Crippen LogP contribution in [0.4, 0.5) is 0 Å². The minimum atomic E-state index is -0.0616. The molecule has 19 heavy (non-hydrogen) atoms. The number of carbonyl (C=O) groups excluding carboxylic acids is 1. The molecule has 0 aliphatic heterocycles. The fraction of sp³-hybridized carbons (Fsp3) is 0.133. The maximum Gasteiger partial charge on any atom is 0.194 e. The second-order valence-electron chi connectivity index (χ2n) is 3.88. The Hall–Kier alpha value is -1.81. The van der Waals surface area contributed by atoms with Gasteiger partial charge in [0, 0.05) is 15.6 Å². The van der Waals surface area contributed by atoms with Gasteiger partial charge in [-0.3, -0.25) is 4.79 Å². The van der Waals surface area contributed by atoms with E-state index >= 15 is 0 Å². The zero-order valence-electron chi connectivity index (χ0n) is 10.6. The molecule has 2 aromatic carbocycles. The van der Waals surface area contributed by atoms with Crippen molar-refractivity contribution < 1.29 is 14.3 Å². The minimum absolute atomic E-state index is 0.0616. The average molecular weight is 321 g/mol. The third-order valence-corrected chi connectivity index (χ3v) is 3.46. The van der Waals surface area contributed by atoms with Gasteiger partial charge >= 0.3 is 0 Å².